The maximum Gasteiger partial charge on any atom is 0.228 e. The summed E-state index contributed by atoms with van der Waals surface area (Å²) >= 11 is 5.25. The van der Waals surface area contributed by atoms with Gasteiger partial charge in [-0.25, -0.2) is 4.98 Å². The van der Waals surface area contributed by atoms with Crippen molar-refractivity contribution in [1.29, 1.82) is 0 Å². The SMILES string of the molecule is S=c1[nH]c2cccnc2n1CCc1ncno1. The third-order valence-corrected chi connectivity index (χ3v) is 2.81. The van der Waals surface area contributed by atoms with E-state index in [4.69, 9.17) is 16.7 Å². The first-order valence-electron chi connectivity index (χ1n) is 5.13. The smallest absolute Gasteiger partial charge is 0.228 e. The van der Waals surface area contributed by atoms with Gasteiger partial charge in [-0.3, -0.25) is 0 Å². The summed E-state index contributed by atoms with van der Waals surface area (Å²) in [5.74, 6) is 0.595. The van der Waals surface area contributed by atoms with Crippen molar-refractivity contribution < 1.29 is 4.52 Å². The quantitative estimate of drug-likeness (QED) is 0.713. The Labute approximate surface area is 101 Å². The fraction of sp³-hybridized carbons (Fsp3) is 0.200. The zero-order chi connectivity index (χ0) is 11.7. The predicted octanol–water partition coefficient (Wildman–Crippen LogP) is 1.72. The second-order valence-corrected chi connectivity index (χ2v) is 3.93. The minimum Gasteiger partial charge on any atom is -0.340 e. The fourth-order valence-corrected chi connectivity index (χ4v) is 2.00. The number of nitrogens with zero attached hydrogens (tertiary/aromatic N) is 4. The first-order valence-corrected chi connectivity index (χ1v) is 5.54. The van der Waals surface area contributed by atoms with Crippen LogP contribution in [0, 0.1) is 4.77 Å². The molecule has 17 heavy (non-hydrogen) atoms. The number of aryl methyl sites for hydroxylation is 2. The predicted molar refractivity (Wildman–Crippen MR) is 62.9 cm³/mol. The van der Waals surface area contributed by atoms with Gasteiger partial charge in [-0.15, -0.1) is 0 Å². The third kappa shape index (κ3) is 1.84. The number of hydrogen-bond donors (Lipinski definition) is 1. The molecule has 0 amide bonds. The van der Waals surface area contributed by atoms with E-state index in [1.807, 2.05) is 16.7 Å². The van der Waals surface area contributed by atoms with Crippen LogP contribution in [-0.2, 0) is 13.0 Å². The Morgan fingerprint density at radius 1 is 1.41 bits per heavy atom. The average Bonchev–Trinajstić information content (AvgIpc) is 2.93. The molecule has 0 spiro atoms. The number of H-pyrrole nitrogens is 1. The highest BCUT2D eigenvalue weighted by Crippen LogP contribution is 2.11. The van der Waals surface area contributed by atoms with E-state index in [1.165, 1.54) is 6.33 Å². The molecule has 0 aliphatic carbocycles. The molecule has 6 nitrogen and oxygen atoms in total. The molecule has 0 bridgehead atoms. The van der Waals surface area contributed by atoms with Gasteiger partial charge in [0.2, 0.25) is 5.89 Å². The fourth-order valence-electron chi connectivity index (χ4n) is 1.71. The number of nitrogens with one attached hydrogen (secondary N) is 1. The van der Waals surface area contributed by atoms with Crippen molar-refractivity contribution in [3.05, 3.63) is 35.3 Å². The van der Waals surface area contributed by atoms with Crippen LogP contribution in [0.4, 0.5) is 0 Å². The van der Waals surface area contributed by atoms with Crippen LogP contribution in [0.15, 0.2) is 29.2 Å². The van der Waals surface area contributed by atoms with E-state index in [1.54, 1.807) is 6.20 Å². The molecule has 86 valence electrons. The molecule has 0 saturated heterocycles. The molecule has 0 aliphatic rings. The van der Waals surface area contributed by atoms with Crippen LogP contribution in [0.25, 0.3) is 11.2 Å². The van der Waals surface area contributed by atoms with Gasteiger partial charge in [-0.05, 0) is 24.4 Å². The number of pyridine rings is 1. The normalized spacial score (nSPS) is 11.1. The van der Waals surface area contributed by atoms with E-state index >= 15 is 0 Å². The Morgan fingerprint density at radius 2 is 2.35 bits per heavy atom. The average molecular weight is 247 g/mol. The van der Waals surface area contributed by atoms with Gasteiger partial charge in [0.05, 0.1) is 5.52 Å². The molecule has 1 N–H and O–H groups in total. The lowest BCUT2D eigenvalue weighted by Gasteiger charge is -2.00. The van der Waals surface area contributed by atoms with E-state index < -0.39 is 0 Å². The van der Waals surface area contributed by atoms with Crippen molar-refractivity contribution in [1.82, 2.24) is 24.7 Å². The summed E-state index contributed by atoms with van der Waals surface area (Å²) in [4.78, 5) is 11.4. The summed E-state index contributed by atoms with van der Waals surface area (Å²) in [6.45, 7) is 0.665. The number of aromatic nitrogens is 5. The van der Waals surface area contributed by atoms with Crippen LogP contribution >= 0.6 is 12.2 Å². The van der Waals surface area contributed by atoms with Crippen molar-refractivity contribution in [2.75, 3.05) is 0 Å². The van der Waals surface area contributed by atoms with Gasteiger partial charge in [0.1, 0.15) is 0 Å². The van der Waals surface area contributed by atoms with Gasteiger partial charge in [0, 0.05) is 19.2 Å². The van der Waals surface area contributed by atoms with Gasteiger partial charge < -0.3 is 14.1 Å². The first kappa shape index (κ1) is 10.2. The molecule has 0 aliphatic heterocycles. The molecular weight excluding hydrogens is 238 g/mol. The molecule has 3 heterocycles. The summed E-state index contributed by atoms with van der Waals surface area (Å²) in [5.41, 5.74) is 1.78. The molecule has 3 rings (SSSR count). The van der Waals surface area contributed by atoms with Crippen LogP contribution in [0.3, 0.4) is 0 Å². The second-order valence-electron chi connectivity index (χ2n) is 3.54. The van der Waals surface area contributed by atoms with E-state index in [2.05, 4.69) is 20.1 Å². The lowest BCUT2D eigenvalue weighted by molar-refractivity contribution is 0.371. The molecule has 0 aromatic carbocycles. The summed E-state index contributed by atoms with van der Waals surface area (Å²) in [6.07, 6.45) is 3.77. The molecule has 3 aromatic rings. The summed E-state index contributed by atoms with van der Waals surface area (Å²) in [6, 6.07) is 3.82. The van der Waals surface area contributed by atoms with Gasteiger partial charge in [-0.1, -0.05) is 5.16 Å². The Bertz CT molecular complexity index is 684. The second kappa shape index (κ2) is 4.10. The Kier molecular flexibility index (Phi) is 2.45. The summed E-state index contributed by atoms with van der Waals surface area (Å²) in [5, 5.41) is 3.56. The number of rotatable bonds is 3. The Morgan fingerprint density at radius 3 is 3.18 bits per heavy atom. The third-order valence-electron chi connectivity index (χ3n) is 2.49. The van der Waals surface area contributed by atoms with Crippen LogP contribution in [0.2, 0.25) is 0 Å². The van der Waals surface area contributed by atoms with E-state index in [0.29, 0.717) is 23.6 Å². The number of fused-ring (bicyclic) bond motifs is 1. The Balaban J connectivity index is 1.94. The van der Waals surface area contributed by atoms with Crippen LogP contribution < -0.4 is 0 Å². The first-order chi connectivity index (χ1) is 8.34. The largest absolute Gasteiger partial charge is 0.340 e. The highest BCUT2D eigenvalue weighted by Gasteiger charge is 2.06. The van der Waals surface area contributed by atoms with Crippen LogP contribution in [0.5, 0.6) is 0 Å². The molecule has 0 fully saturated rings. The molecular formula is C10H9N5OS. The van der Waals surface area contributed by atoms with E-state index in [9.17, 15) is 0 Å². The topological polar surface area (TPSA) is 72.5 Å². The molecule has 0 radical (unpaired) electrons. The zero-order valence-corrected chi connectivity index (χ0v) is 9.65. The van der Waals surface area contributed by atoms with Crippen molar-refractivity contribution in [3.63, 3.8) is 0 Å². The lowest BCUT2D eigenvalue weighted by atomic mass is 10.4. The van der Waals surface area contributed by atoms with Gasteiger partial charge >= 0.3 is 0 Å². The van der Waals surface area contributed by atoms with E-state index in [0.717, 1.165) is 11.2 Å². The van der Waals surface area contributed by atoms with Gasteiger partial charge in [0.15, 0.2) is 16.7 Å². The van der Waals surface area contributed by atoms with Crippen molar-refractivity contribution in [3.8, 4) is 0 Å². The maximum atomic E-state index is 5.25. The van der Waals surface area contributed by atoms with Crippen molar-refractivity contribution >= 4 is 23.4 Å². The van der Waals surface area contributed by atoms with Crippen LogP contribution in [-0.4, -0.2) is 24.7 Å². The number of imidazole rings is 1. The van der Waals surface area contributed by atoms with Crippen LogP contribution in [0.1, 0.15) is 5.89 Å². The van der Waals surface area contributed by atoms with Gasteiger partial charge in [-0.2, -0.15) is 4.98 Å². The molecule has 0 unspecified atom stereocenters. The van der Waals surface area contributed by atoms with Gasteiger partial charge in [0.25, 0.3) is 0 Å². The number of hydrogen-bond acceptors (Lipinski definition) is 5. The summed E-state index contributed by atoms with van der Waals surface area (Å²) in [7, 11) is 0. The van der Waals surface area contributed by atoms with Crippen molar-refractivity contribution in [2.45, 2.75) is 13.0 Å². The lowest BCUT2D eigenvalue weighted by Crippen LogP contribution is -2.02. The maximum absolute atomic E-state index is 5.25. The standard InChI is InChI=1S/C10H9N5OS/c17-10-14-7-2-1-4-11-9(7)15(10)5-3-8-12-6-13-16-8/h1-2,4,6H,3,5H2,(H,14,17). The Hall–Kier alpha value is -2.02. The van der Waals surface area contributed by atoms with E-state index in [-0.39, 0.29) is 0 Å². The minimum atomic E-state index is 0.595. The molecule has 3 aromatic heterocycles. The molecule has 0 atom stereocenters. The summed E-state index contributed by atoms with van der Waals surface area (Å²) < 4.78 is 7.52. The molecule has 7 heteroatoms. The minimum absolute atomic E-state index is 0.595. The van der Waals surface area contributed by atoms with Crippen molar-refractivity contribution in [2.24, 2.45) is 0 Å². The number of aromatic amines is 1. The monoisotopic (exact) mass is 247 g/mol. The highest BCUT2D eigenvalue weighted by molar-refractivity contribution is 7.71. The zero-order valence-electron chi connectivity index (χ0n) is 8.83. The molecule has 0 saturated carbocycles. The highest BCUT2D eigenvalue weighted by atomic mass is 32.1.